The number of nitrogens with zero attached hydrogens (tertiary/aromatic N) is 1. The number of fused-ring (bicyclic) bond motifs is 1. The van der Waals surface area contributed by atoms with Crippen LogP contribution in [0.2, 0.25) is 0 Å². The molecule has 2 rings (SSSR count). The smallest absolute Gasteiger partial charge is 0.125 e. The summed E-state index contributed by atoms with van der Waals surface area (Å²) in [6, 6.07) is 8.22. The Kier molecular flexibility index (Phi) is 2.12. The Morgan fingerprint density at radius 1 is 1.36 bits per heavy atom. The van der Waals surface area contributed by atoms with E-state index in [1.54, 1.807) is 0 Å². The normalized spacial score (nSPS) is 10.7. The van der Waals surface area contributed by atoms with Crippen LogP contribution in [-0.4, -0.2) is 10.9 Å². The fourth-order valence-corrected chi connectivity index (χ4v) is 2.00. The second kappa shape index (κ2) is 3.29. The van der Waals surface area contributed by atoms with E-state index in [0.717, 1.165) is 12.0 Å². The molecule has 2 nitrogen and oxygen atoms in total. The number of rotatable bonds is 2. The molecule has 72 valence electrons. The molecule has 2 aromatic rings. The molecule has 0 saturated heterocycles. The van der Waals surface area contributed by atoms with Crippen molar-refractivity contribution < 1.29 is 4.79 Å². The highest BCUT2D eigenvalue weighted by Crippen LogP contribution is 2.24. The summed E-state index contributed by atoms with van der Waals surface area (Å²) in [6.45, 7) is 2.07. The van der Waals surface area contributed by atoms with Crippen LogP contribution in [0.15, 0.2) is 24.3 Å². The fraction of sp³-hybridized carbons (Fsp3) is 0.250. The fourth-order valence-electron chi connectivity index (χ4n) is 2.00. The van der Waals surface area contributed by atoms with Gasteiger partial charge in [-0.1, -0.05) is 18.2 Å². The zero-order valence-corrected chi connectivity index (χ0v) is 8.45. The third-order valence-corrected chi connectivity index (χ3v) is 2.78. The van der Waals surface area contributed by atoms with Crippen LogP contribution >= 0.6 is 0 Å². The van der Waals surface area contributed by atoms with E-state index in [4.69, 9.17) is 0 Å². The van der Waals surface area contributed by atoms with Crippen LogP contribution < -0.4 is 0 Å². The minimum Gasteiger partial charge on any atom is -0.347 e. The summed E-state index contributed by atoms with van der Waals surface area (Å²) in [5.74, 6) is 0. The number of aromatic nitrogens is 1. The van der Waals surface area contributed by atoms with E-state index in [0.29, 0.717) is 6.42 Å². The SMILES string of the molecule is Cc1c(CC=O)n(C)c2ccccc12. The Balaban J connectivity index is 2.78. The van der Waals surface area contributed by atoms with Crippen molar-refractivity contribution in [1.82, 2.24) is 4.57 Å². The first-order chi connectivity index (χ1) is 6.75. The summed E-state index contributed by atoms with van der Waals surface area (Å²) < 4.78 is 2.10. The third kappa shape index (κ3) is 1.15. The van der Waals surface area contributed by atoms with Crippen LogP contribution in [-0.2, 0) is 18.3 Å². The Morgan fingerprint density at radius 3 is 2.71 bits per heavy atom. The number of para-hydroxylation sites is 1. The van der Waals surface area contributed by atoms with Crippen LogP contribution in [0.1, 0.15) is 11.3 Å². The first-order valence-corrected chi connectivity index (χ1v) is 4.72. The van der Waals surface area contributed by atoms with E-state index in [2.05, 4.69) is 23.6 Å². The number of aldehydes is 1. The Morgan fingerprint density at radius 2 is 2.07 bits per heavy atom. The predicted octanol–water partition coefficient (Wildman–Crippen LogP) is 2.23. The Bertz CT molecular complexity index is 443. The van der Waals surface area contributed by atoms with Gasteiger partial charge in [-0.2, -0.15) is 0 Å². The van der Waals surface area contributed by atoms with Crippen molar-refractivity contribution in [3.05, 3.63) is 35.5 Å². The molecule has 0 aliphatic rings. The van der Waals surface area contributed by atoms with Gasteiger partial charge in [0.15, 0.2) is 0 Å². The van der Waals surface area contributed by atoms with Crippen LogP contribution in [0, 0.1) is 6.92 Å². The molecule has 1 aromatic heterocycles. The maximum Gasteiger partial charge on any atom is 0.125 e. The van der Waals surface area contributed by atoms with Crippen molar-refractivity contribution in [2.75, 3.05) is 0 Å². The molecule has 0 aliphatic carbocycles. The number of carbonyl (C=O) groups excluding carboxylic acids is 1. The van der Waals surface area contributed by atoms with Gasteiger partial charge < -0.3 is 9.36 Å². The quantitative estimate of drug-likeness (QED) is 0.661. The van der Waals surface area contributed by atoms with Crippen molar-refractivity contribution in [2.45, 2.75) is 13.3 Å². The van der Waals surface area contributed by atoms with Crippen molar-refractivity contribution in [3.63, 3.8) is 0 Å². The second-order valence-corrected chi connectivity index (χ2v) is 3.52. The highest BCUT2D eigenvalue weighted by atomic mass is 16.1. The van der Waals surface area contributed by atoms with Gasteiger partial charge in [0.1, 0.15) is 6.29 Å². The lowest BCUT2D eigenvalue weighted by Gasteiger charge is -2.00. The molecule has 0 amide bonds. The molecule has 0 atom stereocenters. The highest BCUT2D eigenvalue weighted by Gasteiger charge is 2.09. The summed E-state index contributed by atoms with van der Waals surface area (Å²) >= 11 is 0. The molecule has 0 N–H and O–H groups in total. The summed E-state index contributed by atoms with van der Waals surface area (Å²) in [5, 5.41) is 1.24. The van der Waals surface area contributed by atoms with Crippen molar-refractivity contribution >= 4 is 17.2 Å². The monoisotopic (exact) mass is 187 g/mol. The maximum atomic E-state index is 10.5. The van der Waals surface area contributed by atoms with Gasteiger partial charge in [0.2, 0.25) is 0 Å². The molecular formula is C12H13NO. The first kappa shape index (κ1) is 9.00. The molecule has 0 aliphatic heterocycles. The molecule has 2 heteroatoms. The number of hydrogen-bond acceptors (Lipinski definition) is 1. The summed E-state index contributed by atoms with van der Waals surface area (Å²) in [5.41, 5.74) is 3.53. The topological polar surface area (TPSA) is 22.0 Å². The van der Waals surface area contributed by atoms with Gasteiger partial charge in [-0.05, 0) is 18.6 Å². The van der Waals surface area contributed by atoms with Gasteiger partial charge in [0.05, 0.1) is 0 Å². The largest absolute Gasteiger partial charge is 0.347 e. The molecule has 0 saturated carbocycles. The molecule has 1 heterocycles. The zero-order chi connectivity index (χ0) is 10.1. The number of hydrogen-bond donors (Lipinski definition) is 0. The number of benzene rings is 1. The Labute approximate surface area is 83.2 Å². The lowest BCUT2D eigenvalue weighted by Crippen LogP contribution is -1.98. The molecule has 1 aromatic carbocycles. The maximum absolute atomic E-state index is 10.5. The van der Waals surface area contributed by atoms with Crippen molar-refractivity contribution in [3.8, 4) is 0 Å². The van der Waals surface area contributed by atoms with Gasteiger partial charge in [-0.15, -0.1) is 0 Å². The van der Waals surface area contributed by atoms with Crippen LogP contribution in [0.3, 0.4) is 0 Å². The van der Waals surface area contributed by atoms with Gasteiger partial charge in [-0.25, -0.2) is 0 Å². The molecule has 0 fully saturated rings. The van der Waals surface area contributed by atoms with Gasteiger partial charge in [0, 0.05) is 30.1 Å². The summed E-state index contributed by atoms with van der Waals surface area (Å²) in [6.07, 6.45) is 1.46. The summed E-state index contributed by atoms with van der Waals surface area (Å²) in [4.78, 5) is 10.5. The van der Waals surface area contributed by atoms with E-state index in [-0.39, 0.29) is 0 Å². The predicted molar refractivity (Wildman–Crippen MR) is 57.4 cm³/mol. The van der Waals surface area contributed by atoms with Crippen molar-refractivity contribution in [2.24, 2.45) is 7.05 Å². The molecule has 0 unspecified atom stereocenters. The number of aryl methyl sites for hydroxylation is 2. The number of carbonyl (C=O) groups is 1. The molecule has 0 spiro atoms. The minimum absolute atomic E-state index is 0.497. The minimum atomic E-state index is 0.497. The van der Waals surface area contributed by atoms with E-state index in [9.17, 15) is 4.79 Å². The summed E-state index contributed by atoms with van der Waals surface area (Å²) in [7, 11) is 2.01. The van der Waals surface area contributed by atoms with Gasteiger partial charge in [-0.3, -0.25) is 0 Å². The van der Waals surface area contributed by atoms with E-state index < -0.39 is 0 Å². The average molecular weight is 187 g/mol. The van der Waals surface area contributed by atoms with Crippen molar-refractivity contribution in [1.29, 1.82) is 0 Å². The van der Waals surface area contributed by atoms with Crippen LogP contribution in [0.25, 0.3) is 10.9 Å². The standard InChI is InChI=1S/C12H13NO/c1-9-10-5-3-4-6-12(10)13(2)11(9)7-8-14/h3-6,8H,7H2,1-2H3. The molecular weight excluding hydrogens is 174 g/mol. The van der Waals surface area contributed by atoms with Gasteiger partial charge >= 0.3 is 0 Å². The highest BCUT2D eigenvalue weighted by molar-refractivity contribution is 5.86. The van der Waals surface area contributed by atoms with E-state index in [1.165, 1.54) is 16.5 Å². The lowest BCUT2D eigenvalue weighted by molar-refractivity contribution is -0.107. The molecule has 0 bridgehead atoms. The first-order valence-electron chi connectivity index (χ1n) is 4.72. The second-order valence-electron chi connectivity index (χ2n) is 3.52. The zero-order valence-electron chi connectivity index (χ0n) is 8.45. The van der Waals surface area contributed by atoms with E-state index >= 15 is 0 Å². The Hall–Kier alpha value is -1.57. The molecule has 0 radical (unpaired) electrons. The van der Waals surface area contributed by atoms with Crippen LogP contribution in [0.4, 0.5) is 0 Å². The molecule has 14 heavy (non-hydrogen) atoms. The average Bonchev–Trinajstić information content (AvgIpc) is 2.45. The van der Waals surface area contributed by atoms with Gasteiger partial charge in [0.25, 0.3) is 0 Å². The third-order valence-electron chi connectivity index (χ3n) is 2.78. The lowest BCUT2D eigenvalue weighted by atomic mass is 10.1. The van der Waals surface area contributed by atoms with E-state index in [1.807, 2.05) is 19.2 Å². The van der Waals surface area contributed by atoms with Crippen LogP contribution in [0.5, 0.6) is 0 Å².